The first-order valence-corrected chi connectivity index (χ1v) is 7.28. The Morgan fingerprint density at radius 1 is 1.29 bits per heavy atom. The van der Waals surface area contributed by atoms with Crippen molar-refractivity contribution in [3.05, 3.63) is 35.4 Å². The molecule has 0 radical (unpaired) electrons. The van der Waals surface area contributed by atoms with E-state index in [4.69, 9.17) is 10.00 Å². The van der Waals surface area contributed by atoms with E-state index >= 15 is 0 Å². The van der Waals surface area contributed by atoms with Gasteiger partial charge in [0.2, 0.25) is 0 Å². The van der Waals surface area contributed by atoms with Crippen LogP contribution in [-0.2, 0) is 4.79 Å². The molecule has 0 heterocycles. The summed E-state index contributed by atoms with van der Waals surface area (Å²) in [4.78, 5) is 11.4. The van der Waals surface area contributed by atoms with Gasteiger partial charge in [-0.15, -0.1) is 0 Å². The van der Waals surface area contributed by atoms with Crippen LogP contribution >= 0.6 is 0 Å². The van der Waals surface area contributed by atoms with Crippen molar-refractivity contribution < 1.29 is 9.53 Å². The van der Waals surface area contributed by atoms with Crippen molar-refractivity contribution in [3.8, 4) is 11.8 Å². The SMILES string of the molecule is CCCCCCOc1ccc(/C=C(\C#N)C(=O)NC)cc1. The molecule has 0 atom stereocenters. The lowest BCUT2D eigenvalue weighted by Gasteiger charge is -2.06. The summed E-state index contributed by atoms with van der Waals surface area (Å²) < 4.78 is 5.64. The van der Waals surface area contributed by atoms with Gasteiger partial charge in [-0.3, -0.25) is 4.79 Å². The number of carbonyl (C=O) groups excluding carboxylic acids is 1. The number of carbonyl (C=O) groups is 1. The first-order chi connectivity index (χ1) is 10.2. The van der Waals surface area contributed by atoms with Gasteiger partial charge in [0.1, 0.15) is 17.4 Å². The Morgan fingerprint density at radius 3 is 2.57 bits per heavy atom. The van der Waals surface area contributed by atoms with Gasteiger partial charge in [-0.25, -0.2) is 0 Å². The average Bonchev–Trinajstić information content (AvgIpc) is 2.53. The molecule has 112 valence electrons. The maximum absolute atomic E-state index is 11.4. The van der Waals surface area contributed by atoms with Crippen LogP contribution in [0.3, 0.4) is 0 Å². The van der Waals surface area contributed by atoms with Crippen molar-refractivity contribution in [1.82, 2.24) is 5.32 Å². The summed E-state index contributed by atoms with van der Waals surface area (Å²) in [7, 11) is 1.50. The Hall–Kier alpha value is -2.28. The Kier molecular flexibility index (Phi) is 7.67. The molecule has 1 aromatic rings. The first-order valence-electron chi connectivity index (χ1n) is 7.28. The number of hydrogen-bond donors (Lipinski definition) is 1. The smallest absolute Gasteiger partial charge is 0.261 e. The molecule has 1 amide bonds. The largest absolute Gasteiger partial charge is 0.494 e. The van der Waals surface area contributed by atoms with Crippen LogP contribution in [0.15, 0.2) is 29.8 Å². The monoisotopic (exact) mass is 286 g/mol. The molecule has 0 spiro atoms. The maximum atomic E-state index is 11.4. The zero-order chi connectivity index (χ0) is 15.5. The van der Waals surface area contributed by atoms with Crippen LogP contribution in [-0.4, -0.2) is 19.6 Å². The third-order valence-corrected chi connectivity index (χ3v) is 3.05. The van der Waals surface area contributed by atoms with Crippen molar-refractivity contribution in [2.45, 2.75) is 32.6 Å². The fraction of sp³-hybridized carbons (Fsp3) is 0.412. The minimum absolute atomic E-state index is 0.0886. The maximum Gasteiger partial charge on any atom is 0.261 e. The van der Waals surface area contributed by atoms with Gasteiger partial charge < -0.3 is 10.1 Å². The topological polar surface area (TPSA) is 62.1 Å². The number of likely N-dealkylation sites (N-methyl/N-ethyl adjacent to an activating group) is 1. The van der Waals surface area contributed by atoms with Gasteiger partial charge in [0, 0.05) is 7.05 Å². The molecule has 21 heavy (non-hydrogen) atoms. The number of benzene rings is 1. The number of nitrogens with zero attached hydrogens (tertiary/aromatic N) is 1. The lowest BCUT2D eigenvalue weighted by atomic mass is 10.1. The van der Waals surface area contributed by atoms with E-state index in [0.717, 1.165) is 24.3 Å². The Morgan fingerprint density at radius 2 is 2.00 bits per heavy atom. The molecule has 0 aliphatic heterocycles. The number of ether oxygens (including phenoxy) is 1. The second-order valence-corrected chi connectivity index (χ2v) is 4.73. The van der Waals surface area contributed by atoms with E-state index in [1.807, 2.05) is 30.3 Å². The van der Waals surface area contributed by atoms with Crippen molar-refractivity contribution in [1.29, 1.82) is 5.26 Å². The average molecular weight is 286 g/mol. The quantitative estimate of drug-likeness (QED) is 0.453. The van der Waals surface area contributed by atoms with E-state index < -0.39 is 0 Å². The van der Waals surface area contributed by atoms with Crippen molar-refractivity contribution in [2.75, 3.05) is 13.7 Å². The van der Waals surface area contributed by atoms with E-state index in [1.54, 1.807) is 6.08 Å². The second kappa shape index (κ2) is 9.60. The van der Waals surface area contributed by atoms with Crippen LogP contribution in [0, 0.1) is 11.3 Å². The van der Waals surface area contributed by atoms with Gasteiger partial charge in [0.25, 0.3) is 5.91 Å². The summed E-state index contributed by atoms with van der Waals surface area (Å²) in [6, 6.07) is 9.26. The van der Waals surface area contributed by atoms with E-state index in [9.17, 15) is 4.79 Å². The van der Waals surface area contributed by atoms with Gasteiger partial charge in [0.05, 0.1) is 6.61 Å². The van der Waals surface area contributed by atoms with Crippen molar-refractivity contribution >= 4 is 12.0 Å². The highest BCUT2D eigenvalue weighted by molar-refractivity contribution is 6.01. The molecule has 0 unspecified atom stereocenters. The first kappa shape index (κ1) is 16.8. The molecule has 1 N–H and O–H groups in total. The predicted octanol–water partition coefficient (Wildman–Crippen LogP) is 3.30. The van der Waals surface area contributed by atoms with Crippen LogP contribution < -0.4 is 10.1 Å². The Labute approximate surface area is 126 Å². The highest BCUT2D eigenvalue weighted by Crippen LogP contribution is 2.15. The van der Waals surface area contributed by atoms with Crippen LogP contribution in [0.4, 0.5) is 0 Å². The Balaban J connectivity index is 2.56. The highest BCUT2D eigenvalue weighted by atomic mass is 16.5. The lowest BCUT2D eigenvalue weighted by molar-refractivity contribution is -0.116. The third kappa shape index (κ3) is 6.13. The zero-order valence-electron chi connectivity index (χ0n) is 12.7. The molecule has 0 saturated heterocycles. The number of nitriles is 1. The predicted molar refractivity (Wildman–Crippen MR) is 83.7 cm³/mol. The zero-order valence-corrected chi connectivity index (χ0v) is 12.7. The highest BCUT2D eigenvalue weighted by Gasteiger charge is 2.05. The van der Waals surface area contributed by atoms with Gasteiger partial charge in [-0.05, 0) is 30.2 Å². The fourth-order valence-corrected chi connectivity index (χ4v) is 1.83. The number of hydrogen-bond acceptors (Lipinski definition) is 3. The second-order valence-electron chi connectivity index (χ2n) is 4.73. The molecular weight excluding hydrogens is 264 g/mol. The summed E-state index contributed by atoms with van der Waals surface area (Å²) in [5.41, 5.74) is 0.888. The van der Waals surface area contributed by atoms with Crippen molar-refractivity contribution in [2.24, 2.45) is 0 Å². The van der Waals surface area contributed by atoms with E-state index in [0.29, 0.717) is 0 Å². The van der Waals surface area contributed by atoms with Crippen LogP contribution in [0.5, 0.6) is 5.75 Å². The summed E-state index contributed by atoms with van der Waals surface area (Å²) >= 11 is 0. The van der Waals surface area contributed by atoms with Crippen LogP contribution in [0.25, 0.3) is 6.08 Å². The molecule has 1 rings (SSSR count). The van der Waals surface area contributed by atoms with Gasteiger partial charge >= 0.3 is 0 Å². The molecule has 0 bridgehead atoms. The summed E-state index contributed by atoms with van der Waals surface area (Å²) in [5, 5.41) is 11.4. The number of unbranched alkanes of at least 4 members (excludes halogenated alkanes) is 3. The summed E-state index contributed by atoms with van der Waals surface area (Å²) in [5.74, 6) is 0.427. The van der Waals surface area contributed by atoms with E-state index in [2.05, 4.69) is 12.2 Å². The third-order valence-electron chi connectivity index (χ3n) is 3.05. The normalized spacial score (nSPS) is 10.8. The molecular formula is C17H22N2O2. The standard InChI is InChI=1S/C17H22N2O2/c1-3-4-5-6-11-21-16-9-7-14(8-10-16)12-15(13-18)17(20)19-2/h7-10,12H,3-6,11H2,1-2H3,(H,19,20)/b15-12+. The van der Waals surface area contributed by atoms with E-state index in [1.165, 1.54) is 26.3 Å². The molecule has 0 aliphatic rings. The molecule has 4 heteroatoms. The number of rotatable bonds is 8. The van der Waals surface area contributed by atoms with Gasteiger partial charge in [-0.2, -0.15) is 5.26 Å². The van der Waals surface area contributed by atoms with Gasteiger partial charge in [-0.1, -0.05) is 38.3 Å². The van der Waals surface area contributed by atoms with Crippen LogP contribution in [0.1, 0.15) is 38.2 Å². The summed E-state index contributed by atoms with van der Waals surface area (Å²) in [6.45, 7) is 2.90. The van der Waals surface area contributed by atoms with Crippen molar-refractivity contribution in [3.63, 3.8) is 0 Å². The molecule has 0 aliphatic carbocycles. The molecule has 4 nitrogen and oxygen atoms in total. The molecule has 0 saturated carbocycles. The Bertz CT molecular complexity index is 513. The molecule has 0 aromatic heterocycles. The van der Waals surface area contributed by atoms with Crippen LogP contribution in [0.2, 0.25) is 0 Å². The minimum atomic E-state index is -0.381. The van der Waals surface area contributed by atoms with E-state index in [-0.39, 0.29) is 11.5 Å². The lowest BCUT2D eigenvalue weighted by Crippen LogP contribution is -2.19. The number of amides is 1. The molecule has 0 fully saturated rings. The summed E-state index contributed by atoms with van der Waals surface area (Å²) in [6.07, 6.45) is 6.26. The number of nitrogens with one attached hydrogen (secondary N) is 1. The fourth-order valence-electron chi connectivity index (χ4n) is 1.83. The molecule has 1 aromatic carbocycles. The van der Waals surface area contributed by atoms with Gasteiger partial charge in [0.15, 0.2) is 0 Å². The minimum Gasteiger partial charge on any atom is -0.494 e.